The first-order valence-corrected chi connectivity index (χ1v) is 13.9. The minimum Gasteiger partial charge on any atom is -0.404 e. The molecule has 0 aliphatic carbocycles. The SMILES string of the molecule is COP(=O)(O[Si](C)(C)C)C(C)O[Si](C)(C)C. The van der Waals surface area contributed by atoms with Gasteiger partial charge in [-0.15, -0.1) is 0 Å². The molecule has 0 aliphatic heterocycles. The van der Waals surface area contributed by atoms with E-state index in [4.69, 9.17) is 13.2 Å². The van der Waals surface area contributed by atoms with Crippen molar-refractivity contribution in [2.45, 2.75) is 52.1 Å². The molecule has 0 saturated carbocycles. The van der Waals surface area contributed by atoms with Crippen molar-refractivity contribution in [3.63, 3.8) is 0 Å². The van der Waals surface area contributed by atoms with Crippen LogP contribution in [0.15, 0.2) is 0 Å². The summed E-state index contributed by atoms with van der Waals surface area (Å²) in [5.74, 6) is -0.490. The molecule has 0 rings (SSSR count). The van der Waals surface area contributed by atoms with Gasteiger partial charge in [0.15, 0.2) is 16.6 Å². The molecule has 0 aromatic rings. The Kier molecular flexibility index (Phi) is 5.64. The van der Waals surface area contributed by atoms with Gasteiger partial charge in [-0.3, -0.25) is 4.57 Å². The van der Waals surface area contributed by atoms with E-state index in [1.165, 1.54) is 7.11 Å². The van der Waals surface area contributed by atoms with Crippen molar-refractivity contribution in [1.82, 2.24) is 0 Å². The van der Waals surface area contributed by atoms with E-state index in [2.05, 4.69) is 19.6 Å². The molecule has 7 heteroatoms. The van der Waals surface area contributed by atoms with E-state index in [0.717, 1.165) is 0 Å². The van der Waals surface area contributed by atoms with Crippen molar-refractivity contribution in [1.29, 1.82) is 0 Å². The van der Waals surface area contributed by atoms with Crippen LogP contribution in [-0.4, -0.2) is 29.6 Å². The molecule has 0 fully saturated rings. The van der Waals surface area contributed by atoms with Crippen LogP contribution in [0.4, 0.5) is 0 Å². The van der Waals surface area contributed by atoms with Gasteiger partial charge in [-0.2, -0.15) is 0 Å². The van der Waals surface area contributed by atoms with Crippen LogP contribution in [0.25, 0.3) is 0 Å². The van der Waals surface area contributed by atoms with Crippen LogP contribution in [-0.2, 0) is 17.7 Å². The molecular formula is C9H25O4PSi2. The summed E-state index contributed by atoms with van der Waals surface area (Å²) in [5.41, 5.74) is 0. The Balaban J connectivity index is 4.77. The normalized spacial score (nSPS) is 19.2. The van der Waals surface area contributed by atoms with E-state index in [0.29, 0.717) is 0 Å². The summed E-state index contributed by atoms with van der Waals surface area (Å²) >= 11 is 0. The highest BCUT2D eigenvalue weighted by atomic mass is 31.2. The van der Waals surface area contributed by atoms with Gasteiger partial charge in [-0.1, -0.05) is 0 Å². The largest absolute Gasteiger partial charge is 0.404 e. The Morgan fingerprint density at radius 3 is 1.69 bits per heavy atom. The Morgan fingerprint density at radius 1 is 1.00 bits per heavy atom. The third-order valence-electron chi connectivity index (χ3n) is 1.63. The second-order valence-corrected chi connectivity index (χ2v) is 17.3. The van der Waals surface area contributed by atoms with Crippen LogP contribution in [0.5, 0.6) is 0 Å². The molecule has 98 valence electrons. The predicted octanol–water partition coefficient (Wildman–Crippen LogP) is 3.87. The minimum absolute atomic E-state index is 0.490. The lowest BCUT2D eigenvalue weighted by Crippen LogP contribution is -2.34. The lowest BCUT2D eigenvalue weighted by Gasteiger charge is -2.32. The molecule has 0 heterocycles. The Bertz CT molecular complexity index is 270. The zero-order valence-electron chi connectivity index (χ0n) is 11.7. The van der Waals surface area contributed by atoms with Gasteiger partial charge in [0.25, 0.3) is 0 Å². The zero-order valence-corrected chi connectivity index (χ0v) is 14.6. The Morgan fingerprint density at radius 2 is 1.44 bits per heavy atom. The van der Waals surface area contributed by atoms with Gasteiger partial charge in [0.2, 0.25) is 0 Å². The number of hydrogen-bond acceptors (Lipinski definition) is 4. The highest BCUT2D eigenvalue weighted by Crippen LogP contribution is 2.55. The van der Waals surface area contributed by atoms with Gasteiger partial charge in [-0.05, 0) is 46.2 Å². The highest BCUT2D eigenvalue weighted by molar-refractivity contribution is 7.56. The van der Waals surface area contributed by atoms with Crippen LogP contribution in [0.1, 0.15) is 6.92 Å². The highest BCUT2D eigenvalue weighted by Gasteiger charge is 2.39. The van der Waals surface area contributed by atoms with Gasteiger partial charge >= 0.3 is 7.60 Å². The fraction of sp³-hybridized carbons (Fsp3) is 1.00. The molecule has 16 heavy (non-hydrogen) atoms. The molecule has 0 aromatic carbocycles. The lowest BCUT2D eigenvalue weighted by molar-refractivity contribution is 0.217. The van der Waals surface area contributed by atoms with Gasteiger partial charge < -0.3 is 13.2 Å². The summed E-state index contributed by atoms with van der Waals surface area (Å²) in [6, 6.07) is 0. The first-order valence-electron chi connectivity index (χ1n) is 5.44. The lowest BCUT2D eigenvalue weighted by atomic mass is 10.9. The number of rotatable bonds is 6. The summed E-state index contributed by atoms with van der Waals surface area (Å²) in [6.45, 7) is 13.9. The molecule has 0 amide bonds. The average molecular weight is 284 g/mol. The van der Waals surface area contributed by atoms with E-state index in [1.807, 2.05) is 19.6 Å². The van der Waals surface area contributed by atoms with Crippen molar-refractivity contribution in [2.24, 2.45) is 0 Å². The molecule has 0 aliphatic rings. The van der Waals surface area contributed by atoms with Gasteiger partial charge in [-0.25, -0.2) is 0 Å². The van der Waals surface area contributed by atoms with Crippen LogP contribution < -0.4 is 0 Å². The number of hydrogen-bond donors (Lipinski definition) is 0. The molecular weight excluding hydrogens is 259 g/mol. The summed E-state index contributed by atoms with van der Waals surface area (Å²) in [5, 5.41) is 0. The standard InChI is InChI=1S/C9H25O4PSi2/c1-9(12-15(3,4)5)14(10,11-2)13-16(6,7)8/h9H,1-8H3. The molecule has 0 bridgehead atoms. The Labute approximate surface area is 101 Å². The van der Waals surface area contributed by atoms with Crippen molar-refractivity contribution in [3.8, 4) is 0 Å². The maximum absolute atomic E-state index is 12.5. The van der Waals surface area contributed by atoms with E-state index in [1.54, 1.807) is 6.92 Å². The van der Waals surface area contributed by atoms with Gasteiger partial charge in [0, 0.05) is 7.11 Å². The van der Waals surface area contributed by atoms with Crippen molar-refractivity contribution < 1.29 is 17.7 Å². The monoisotopic (exact) mass is 284 g/mol. The van der Waals surface area contributed by atoms with E-state index < -0.39 is 30.1 Å². The molecule has 0 spiro atoms. The van der Waals surface area contributed by atoms with Gasteiger partial charge in [0.1, 0.15) is 5.85 Å². The van der Waals surface area contributed by atoms with Crippen LogP contribution in [0, 0.1) is 0 Å². The molecule has 0 N–H and O–H groups in total. The van der Waals surface area contributed by atoms with Crippen molar-refractivity contribution >= 4 is 24.2 Å². The summed E-state index contributed by atoms with van der Waals surface area (Å²) in [7, 11) is -5.36. The van der Waals surface area contributed by atoms with Crippen LogP contribution in [0.2, 0.25) is 39.3 Å². The quantitative estimate of drug-likeness (QED) is 0.548. The van der Waals surface area contributed by atoms with Crippen LogP contribution in [0.3, 0.4) is 0 Å². The first kappa shape index (κ1) is 16.5. The van der Waals surface area contributed by atoms with E-state index in [9.17, 15) is 4.57 Å². The topological polar surface area (TPSA) is 44.8 Å². The average Bonchev–Trinajstić information content (AvgIpc) is 1.97. The molecule has 0 radical (unpaired) electrons. The van der Waals surface area contributed by atoms with E-state index >= 15 is 0 Å². The predicted molar refractivity (Wildman–Crippen MR) is 72.9 cm³/mol. The summed E-state index contributed by atoms with van der Waals surface area (Å²) in [4.78, 5) is 0. The fourth-order valence-corrected chi connectivity index (χ4v) is 7.95. The van der Waals surface area contributed by atoms with Crippen molar-refractivity contribution in [3.05, 3.63) is 0 Å². The van der Waals surface area contributed by atoms with Gasteiger partial charge in [0.05, 0.1) is 0 Å². The van der Waals surface area contributed by atoms with Crippen molar-refractivity contribution in [2.75, 3.05) is 7.11 Å². The fourth-order valence-electron chi connectivity index (χ4n) is 1.22. The third-order valence-corrected chi connectivity index (χ3v) is 7.60. The summed E-state index contributed by atoms with van der Waals surface area (Å²) < 4.78 is 29.0. The summed E-state index contributed by atoms with van der Waals surface area (Å²) in [6.07, 6.45) is 0. The first-order chi connectivity index (χ1) is 6.90. The molecule has 2 unspecified atom stereocenters. The van der Waals surface area contributed by atoms with E-state index in [-0.39, 0.29) is 0 Å². The van der Waals surface area contributed by atoms with Crippen LogP contribution >= 0.6 is 7.60 Å². The molecule has 0 aromatic heterocycles. The molecule has 4 nitrogen and oxygen atoms in total. The smallest absolute Gasteiger partial charge is 0.347 e. The third kappa shape index (κ3) is 6.32. The zero-order chi connectivity index (χ0) is 13.2. The Hall–Kier alpha value is 0.544. The minimum atomic E-state index is -3.14. The second kappa shape index (κ2) is 5.46. The maximum atomic E-state index is 12.5. The maximum Gasteiger partial charge on any atom is 0.347 e. The molecule has 0 saturated heterocycles. The molecule has 2 atom stereocenters. The second-order valence-electron chi connectivity index (χ2n) is 5.76.